The number of benzene rings is 2. The Balaban J connectivity index is 1.51. The van der Waals surface area contributed by atoms with E-state index >= 15 is 0 Å². The van der Waals surface area contributed by atoms with Crippen LogP contribution in [0.1, 0.15) is 25.7 Å². The van der Waals surface area contributed by atoms with Gasteiger partial charge in [-0.05, 0) is 47.6 Å². The van der Waals surface area contributed by atoms with Gasteiger partial charge in [-0.15, -0.1) is 0 Å². The summed E-state index contributed by atoms with van der Waals surface area (Å²) in [4.78, 5) is 12.3. The Morgan fingerprint density at radius 2 is 1.65 bits per heavy atom. The fraction of sp³-hybridized carbons (Fsp3) is 0.389. The zero-order valence-corrected chi connectivity index (χ0v) is 11.4. The van der Waals surface area contributed by atoms with E-state index in [2.05, 4.69) is 6.07 Å². The van der Waals surface area contributed by atoms with Crippen LogP contribution >= 0.6 is 0 Å². The first-order valence-corrected chi connectivity index (χ1v) is 7.53. The molecule has 0 saturated heterocycles. The lowest BCUT2D eigenvalue weighted by Crippen LogP contribution is -2.12. The number of carbonyl (C=O) groups is 1. The number of hydrogen-bond donors (Lipinski definition) is 0. The Morgan fingerprint density at radius 1 is 0.950 bits per heavy atom. The van der Waals surface area contributed by atoms with Gasteiger partial charge in [0.15, 0.2) is 0 Å². The SMILES string of the molecule is O=C(Oc1ccc2ccccc2c1)C1C2CCCCC21. The second-order valence-corrected chi connectivity index (χ2v) is 6.07. The molecule has 2 atom stereocenters. The predicted molar refractivity (Wildman–Crippen MR) is 78.5 cm³/mol. The van der Waals surface area contributed by atoms with E-state index < -0.39 is 0 Å². The van der Waals surface area contributed by atoms with Crippen LogP contribution in [-0.2, 0) is 4.79 Å². The summed E-state index contributed by atoms with van der Waals surface area (Å²) in [5.41, 5.74) is 0. The average molecular weight is 266 g/mol. The van der Waals surface area contributed by atoms with Crippen molar-refractivity contribution < 1.29 is 9.53 Å². The maximum Gasteiger partial charge on any atom is 0.314 e. The van der Waals surface area contributed by atoms with E-state index in [0.717, 1.165) is 5.39 Å². The summed E-state index contributed by atoms with van der Waals surface area (Å²) in [5, 5.41) is 2.29. The standard InChI is InChI=1S/C18H18O2/c19-18(17-15-7-3-4-8-16(15)17)20-14-10-9-12-5-1-2-6-13(12)11-14/h1-2,5-6,9-11,15-17H,3-4,7-8H2. The van der Waals surface area contributed by atoms with Crippen LogP contribution in [0.3, 0.4) is 0 Å². The molecule has 0 aromatic heterocycles. The molecule has 2 nitrogen and oxygen atoms in total. The second kappa shape index (κ2) is 4.62. The maximum absolute atomic E-state index is 12.3. The molecular weight excluding hydrogens is 248 g/mol. The fourth-order valence-corrected chi connectivity index (χ4v) is 3.76. The van der Waals surface area contributed by atoms with Crippen molar-refractivity contribution in [2.75, 3.05) is 0 Å². The van der Waals surface area contributed by atoms with E-state index in [1.165, 1.54) is 31.1 Å². The Kier molecular flexibility index (Phi) is 2.76. The zero-order valence-electron chi connectivity index (χ0n) is 11.4. The van der Waals surface area contributed by atoms with E-state index in [-0.39, 0.29) is 11.9 Å². The molecule has 2 aromatic rings. The third-order valence-corrected chi connectivity index (χ3v) is 4.87. The molecule has 2 aromatic carbocycles. The predicted octanol–water partition coefficient (Wildman–Crippen LogP) is 4.18. The molecule has 2 unspecified atom stereocenters. The Bertz CT molecular complexity index is 649. The molecule has 2 aliphatic carbocycles. The topological polar surface area (TPSA) is 26.3 Å². The van der Waals surface area contributed by atoms with Crippen molar-refractivity contribution in [1.82, 2.24) is 0 Å². The van der Waals surface area contributed by atoms with Gasteiger partial charge in [-0.3, -0.25) is 4.79 Å². The van der Waals surface area contributed by atoms with Crippen LogP contribution in [0.2, 0.25) is 0 Å². The summed E-state index contributed by atoms with van der Waals surface area (Å²) in [6, 6.07) is 14.0. The van der Waals surface area contributed by atoms with Gasteiger partial charge in [-0.2, -0.15) is 0 Å². The van der Waals surface area contributed by atoms with E-state index in [1.54, 1.807) is 0 Å². The van der Waals surface area contributed by atoms with Crippen LogP contribution < -0.4 is 4.74 Å². The van der Waals surface area contributed by atoms with Crippen molar-refractivity contribution in [3.8, 4) is 5.75 Å². The molecule has 102 valence electrons. The molecule has 0 N–H and O–H groups in total. The summed E-state index contributed by atoms with van der Waals surface area (Å²) >= 11 is 0. The molecule has 2 saturated carbocycles. The molecule has 2 heteroatoms. The highest BCUT2D eigenvalue weighted by atomic mass is 16.5. The first-order chi connectivity index (χ1) is 9.83. The summed E-state index contributed by atoms with van der Waals surface area (Å²) in [6.07, 6.45) is 4.98. The van der Waals surface area contributed by atoms with Gasteiger partial charge in [0, 0.05) is 0 Å². The monoisotopic (exact) mass is 266 g/mol. The number of hydrogen-bond acceptors (Lipinski definition) is 2. The number of fused-ring (bicyclic) bond motifs is 2. The average Bonchev–Trinajstić information content (AvgIpc) is 3.21. The van der Waals surface area contributed by atoms with Gasteiger partial charge in [0.25, 0.3) is 0 Å². The Morgan fingerprint density at radius 3 is 2.40 bits per heavy atom. The number of ether oxygens (including phenoxy) is 1. The van der Waals surface area contributed by atoms with Crippen LogP contribution in [0, 0.1) is 17.8 Å². The number of esters is 1. The highest BCUT2D eigenvalue weighted by molar-refractivity contribution is 5.85. The molecule has 0 spiro atoms. The molecule has 0 bridgehead atoms. The van der Waals surface area contributed by atoms with Crippen molar-refractivity contribution >= 4 is 16.7 Å². The largest absolute Gasteiger partial charge is 0.426 e. The highest BCUT2D eigenvalue weighted by Gasteiger charge is 2.55. The fourth-order valence-electron chi connectivity index (χ4n) is 3.76. The minimum absolute atomic E-state index is 0.0165. The van der Waals surface area contributed by atoms with Gasteiger partial charge >= 0.3 is 5.97 Å². The molecule has 4 rings (SSSR count). The minimum atomic E-state index is -0.0165. The van der Waals surface area contributed by atoms with Gasteiger partial charge in [0.05, 0.1) is 5.92 Å². The van der Waals surface area contributed by atoms with Crippen LogP contribution in [-0.4, -0.2) is 5.97 Å². The molecule has 2 aliphatic rings. The third-order valence-electron chi connectivity index (χ3n) is 4.87. The summed E-state index contributed by atoms with van der Waals surface area (Å²) in [5.74, 6) is 2.05. The molecule has 0 aliphatic heterocycles. The first kappa shape index (κ1) is 12.0. The van der Waals surface area contributed by atoms with Crippen molar-refractivity contribution in [2.24, 2.45) is 17.8 Å². The van der Waals surface area contributed by atoms with Crippen molar-refractivity contribution in [1.29, 1.82) is 0 Å². The molecule has 2 fully saturated rings. The van der Waals surface area contributed by atoms with E-state index in [9.17, 15) is 4.79 Å². The van der Waals surface area contributed by atoms with Gasteiger partial charge in [-0.25, -0.2) is 0 Å². The lowest BCUT2D eigenvalue weighted by Gasteiger charge is -2.05. The highest BCUT2D eigenvalue weighted by Crippen LogP contribution is 2.55. The van der Waals surface area contributed by atoms with Crippen LogP contribution in [0.5, 0.6) is 5.75 Å². The van der Waals surface area contributed by atoms with Crippen molar-refractivity contribution in [3.05, 3.63) is 42.5 Å². The summed E-state index contributed by atoms with van der Waals surface area (Å²) < 4.78 is 5.60. The second-order valence-electron chi connectivity index (χ2n) is 6.07. The summed E-state index contributed by atoms with van der Waals surface area (Å²) in [7, 11) is 0. The molecule has 0 radical (unpaired) electrons. The van der Waals surface area contributed by atoms with Crippen molar-refractivity contribution in [2.45, 2.75) is 25.7 Å². The molecular formula is C18H18O2. The molecule has 20 heavy (non-hydrogen) atoms. The summed E-state index contributed by atoms with van der Waals surface area (Å²) in [6.45, 7) is 0. The third kappa shape index (κ3) is 2.00. The quantitative estimate of drug-likeness (QED) is 0.602. The normalized spacial score (nSPS) is 27.9. The van der Waals surface area contributed by atoms with E-state index in [4.69, 9.17) is 4.74 Å². The van der Waals surface area contributed by atoms with E-state index in [1.807, 2.05) is 36.4 Å². The van der Waals surface area contributed by atoms with Crippen LogP contribution in [0.25, 0.3) is 10.8 Å². The van der Waals surface area contributed by atoms with Gasteiger partial charge < -0.3 is 4.74 Å². The van der Waals surface area contributed by atoms with Gasteiger partial charge in [-0.1, -0.05) is 43.2 Å². The smallest absolute Gasteiger partial charge is 0.314 e. The number of rotatable bonds is 2. The van der Waals surface area contributed by atoms with Crippen LogP contribution in [0.15, 0.2) is 42.5 Å². The van der Waals surface area contributed by atoms with Gasteiger partial charge in [0.2, 0.25) is 0 Å². The zero-order chi connectivity index (χ0) is 13.5. The lowest BCUT2D eigenvalue weighted by molar-refractivity contribution is -0.136. The molecule has 0 heterocycles. The Labute approximate surface area is 118 Å². The lowest BCUT2D eigenvalue weighted by atomic mass is 10.0. The Hall–Kier alpha value is -1.83. The van der Waals surface area contributed by atoms with Crippen molar-refractivity contribution in [3.63, 3.8) is 0 Å². The molecule has 0 amide bonds. The van der Waals surface area contributed by atoms with Gasteiger partial charge in [0.1, 0.15) is 5.75 Å². The van der Waals surface area contributed by atoms with E-state index in [0.29, 0.717) is 17.6 Å². The maximum atomic E-state index is 12.3. The minimum Gasteiger partial charge on any atom is -0.426 e. The first-order valence-electron chi connectivity index (χ1n) is 7.53. The van der Waals surface area contributed by atoms with Crippen LogP contribution in [0.4, 0.5) is 0 Å². The number of carbonyl (C=O) groups excluding carboxylic acids is 1.